The third kappa shape index (κ3) is 5.21. The number of hydrogen-bond donors (Lipinski definition) is 1. The van der Waals surface area contributed by atoms with Gasteiger partial charge in [-0.2, -0.15) is 5.10 Å². The minimum atomic E-state index is -3.97. The number of benzene rings is 2. The van der Waals surface area contributed by atoms with Gasteiger partial charge in [0.15, 0.2) is 0 Å². The Morgan fingerprint density at radius 3 is 2.47 bits per heavy atom. The summed E-state index contributed by atoms with van der Waals surface area (Å²) in [4.78, 5) is 16.5. The summed E-state index contributed by atoms with van der Waals surface area (Å²) in [6.45, 7) is -0.455. The second kappa shape index (κ2) is 9.66. The van der Waals surface area contributed by atoms with Gasteiger partial charge in [0.2, 0.25) is 0 Å². The minimum absolute atomic E-state index is 0.0726. The molecule has 0 aliphatic carbocycles. The Hall–Kier alpha value is -3.72. The van der Waals surface area contributed by atoms with E-state index in [1.165, 1.54) is 30.7 Å². The Kier molecular flexibility index (Phi) is 6.76. The lowest BCUT2D eigenvalue weighted by molar-refractivity contribution is -0.119. The zero-order chi connectivity index (χ0) is 21.4. The molecule has 0 bridgehead atoms. The van der Waals surface area contributed by atoms with Crippen molar-refractivity contribution in [3.05, 3.63) is 84.7 Å². The van der Waals surface area contributed by atoms with Crippen molar-refractivity contribution < 1.29 is 17.9 Å². The van der Waals surface area contributed by atoms with Gasteiger partial charge in [-0.1, -0.05) is 18.2 Å². The number of carbonyl (C=O) groups excluding carboxylic acids is 1. The lowest BCUT2D eigenvalue weighted by Crippen LogP contribution is -2.39. The van der Waals surface area contributed by atoms with Crippen LogP contribution in [0.2, 0.25) is 0 Å². The van der Waals surface area contributed by atoms with Crippen LogP contribution in [0.3, 0.4) is 0 Å². The largest absolute Gasteiger partial charge is 0.497 e. The molecule has 1 amide bonds. The topological polar surface area (TPSA) is 101 Å². The first-order chi connectivity index (χ1) is 14.5. The SMILES string of the molecule is COc1ccc(/C=N\NC(=O)CN(c2cccnc2)S(=O)(=O)c2ccccc2)cc1. The van der Waals surface area contributed by atoms with Crippen LogP contribution in [-0.4, -0.2) is 39.2 Å². The van der Waals surface area contributed by atoms with Gasteiger partial charge in [-0.25, -0.2) is 13.8 Å². The Bertz CT molecular complexity index is 1100. The van der Waals surface area contributed by atoms with Gasteiger partial charge in [0.05, 0.1) is 30.1 Å². The summed E-state index contributed by atoms with van der Waals surface area (Å²) < 4.78 is 32.3. The highest BCUT2D eigenvalue weighted by Gasteiger charge is 2.27. The molecule has 0 saturated carbocycles. The van der Waals surface area contributed by atoms with Crippen molar-refractivity contribution in [1.29, 1.82) is 0 Å². The van der Waals surface area contributed by atoms with E-state index in [0.717, 1.165) is 9.87 Å². The van der Waals surface area contributed by atoms with Crippen LogP contribution in [0, 0.1) is 0 Å². The Balaban J connectivity index is 1.76. The summed E-state index contributed by atoms with van der Waals surface area (Å²) in [7, 11) is -2.40. The van der Waals surface area contributed by atoms with Crippen LogP contribution in [0.5, 0.6) is 5.75 Å². The number of sulfonamides is 1. The van der Waals surface area contributed by atoms with Crippen molar-refractivity contribution in [3.63, 3.8) is 0 Å². The van der Waals surface area contributed by atoms with E-state index in [0.29, 0.717) is 5.75 Å². The first-order valence-corrected chi connectivity index (χ1v) is 10.4. The summed E-state index contributed by atoms with van der Waals surface area (Å²) in [5.74, 6) is 0.109. The predicted octanol–water partition coefficient (Wildman–Crippen LogP) is 2.44. The second-order valence-electron chi connectivity index (χ2n) is 6.10. The zero-order valence-electron chi connectivity index (χ0n) is 16.2. The molecule has 3 aromatic rings. The number of aromatic nitrogens is 1. The van der Waals surface area contributed by atoms with Gasteiger partial charge in [0.25, 0.3) is 15.9 Å². The number of pyridine rings is 1. The highest BCUT2D eigenvalue weighted by molar-refractivity contribution is 7.92. The van der Waals surface area contributed by atoms with Gasteiger partial charge in [-0.15, -0.1) is 0 Å². The summed E-state index contributed by atoms with van der Waals surface area (Å²) in [6, 6.07) is 18.1. The fraction of sp³-hybridized carbons (Fsp3) is 0.0952. The monoisotopic (exact) mass is 424 g/mol. The lowest BCUT2D eigenvalue weighted by atomic mass is 10.2. The number of carbonyl (C=O) groups is 1. The number of ether oxygens (including phenoxy) is 1. The molecule has 0 spiro atoms. The van der Waals surface area contributed by atoms with E-state index in [2.05, 4.69) is 15.5 Å². The fourth-order valence-electron chi connectivity index (χ4n) is 2.57. The molecule has 0 atom stereocenters. The van der Waals surface area contributed by atoms with E-state index < -0.39 is 22.5 Å². The maximum absolute atomic E-state index is 13.1. The number of methoxy groups -OCH3 is 1. The molecule has 3 rings (SSSR count). The molecule has 1 heterocycles. The fourth-order valence-corrected chi connectivity index (χ4v) is 4.00. The van der Waals surface area contributed by atoms with Crippen LogP contribution in [0.4, 0.5) is 5.69 Å². The highest BCUT2D eigenvalue weighted by Crippen LogP contribution is 2.22. The summed E-state index contributed by atoms with van der Waals surface area (Å²) in [5, 5.41) is 3.90. The maximum Gasteiger partial charge on any atom is 0.264 e. The molecular formula is C21H20N4O4S. The van der Waals surface area contributed by atoms with Gasteiger partial charge in [-0.3, -0.25) is 14.1 Å². The van der Waals surface area contributed by atoms with Crippen LogP contribution >= 0.6 is 0 Å². The molecule has 8 nitrogen and oxygen atoms in total. The quantitative estimate of drug-likeness (QED) is 0.442. The van der Waals surface area contributed by atoms with E-state index >= 15 is 0 Å². The van der Waals surface area contributed by atoms with E-state index in [9.17, 15) is 13.2 Å². The number of hydrazone groups is 1. The molecule has 2 aromatic carbocycles. The van der Waals surface area contributed by atoms with E-state index in [-0.39, 0.29) is 10.6 Å². The smallest absolute Gasteiger partial charge is 0.264 e. The number of amides is 1. The molecule has 0 saturated heterocycles. The van der Waals surface area contributed by atoms with Crippen molar-refractivity contribution in [1.82, 2.24) is 10.4 Å². The maximum atomic E-state index is 13.1. The van der Waals surface area contributed by atoms with E-state index in [1.54, 1.807) is 61.7 Å². The van der Waals surface area contributed by atoms with E-state index in [1.807, 2.05) is 0 Å². The van der Waals surface area contributed by atoms with Gasteiger partial charge in [-0.05, 0) is 54.1 Å². The molecule has 0 radical (unpaired) electrons. The van der Waals surface area contributed by atoms with Crippen molar-refractivity contribution in [2.24, 2.45) is 5.10 Å². The molecule has 0 fully saturated rings. The van der Waals surface area contributed by atoms with Gasteiger partial charge >= 0.3 is 0 Å². The van der Waals surface area contributed by atoms with E-state index in [4.69, 9.17) is 4.74 Å². The Morgan fingerprint density at radius 1 is 1.10 bits per heavy atom. The molecule has 0 aliphatic rings. The molecule has 0 aliphatic heterocycles. The highest BCUT2D eigenvalue weighted by atomic mass is 32.2. The van der Waals surface area contributed by atoms with Crippen LogP contribution in [0.25, 0.3) is 0 Å². The standard InChI is InChI=1S/C21H20N4O4S/c1-29-19-11-9-17(10-12-19)14-23-24-21(26)16-25(18-6-5-13-22-15-18)30(27,28)20-7-3-2-4-8-20/h2-15H,16H2,1H3,(H,24,26)/b23-14-. The van der Waals surface area contributed by atoms with Crippen molar-refractivity contribution in [2.45, 2.75) is 4.90 Å². The first-order valence-electron chi connectivity index (χ1n) is 8.94. The zero-order valence-corrected chi connectivity index (χ0v) is 17.0. The van der Waals surface area contributed by atoms with Gasteiger partial charge < -0.3 is 4.74 Å². The Labute approximate surface area is 174 Å². The lowest BCUT2D eigenvalue weighted by Gasteiger charge is -2.23. The van der Waals surface area contributed by atoms with Crippen LogP contribution in [0.1, 0.15) is 5.56 Å². The Morgan fingerprint density at radius 2 is 1.83 bits per heavy atom. The number of nitrogens with zero attached hydrogens (tertiary/aromatic N) is 3. The average Bonchev–Trinajstić information content (AvgIpc) is 2.79. The summed E-state index contributed by atoms with van der Waals surface area (Å²) in [5.41, 5.74) is 3.38. The second-order valence-corrected chi connectivity index (χ2v) is 7.96. The predicted molar refractivity (Wildman–Crippen MR) is 114 cm³/mol. The van der Waals surface area contributed by atoms with Crippen molar-refractivity contribution >= 4 is 27.8 Å². The summed E-state index contributed by atoms with van der Waals surface area (Å²) >= 11 is 0. The number of anilines is 1. The molecule has 154 valence electrons. The normalized spacial score (nSPS) is 11.2. The van der Waals surface area contributed by atoms with Gasteiger partial charge in [0.1, 0.15) is 12.3 Å². The molecule has 1 N–H and O–H groups in total. The minimum Gasteiger partial charge on any atom is -0.497 e. The van der Waals surface area contributed by atoms with Crippen molar-refractivity contribution in [2.75, 3.05) is 18.0 Å². The molecule has 1 aromatic heterocycles. The third-order valence-electron chi connectivity index (χ3n) is 4.07. The van der Waals surface area contributed by atoms with Crippen LogP contribution in [-0.2, 0) is 14.8 Å². The number of hydrogen-bond acceptors (Lipinski definition) is 6. The molecular weight excluding hydrogens is 404 g/mol. The number of nitrogens with one attached hydrogen (secondary N) is 1. The van der Waals surface area contributed by atoms with Crippen LogP contribution < -0.4 is 14.5 Å². The number of rotatable bonds is 8. The summed E-state index contributed by atoms with van der Waals surface area (Å²) in [6.07, 6.45) is 4.36. The molecule has 30 heavy (non-hydrogen) atoms. The van der Waals surface area contributed by atoms with Crippen LogP contribution in [0.15, 0.2) is 89.1 Å². The molecule has 9 heteroatoms. The first kappa shape index (κ1) is 21.0. The average molecular weight is 424 g/mol. The molecule has 0 unspecified atom stereocenters. The van der Waals surface area contributed by atoms with Crippen molar-refractivity contribution in [3.8, 4) is 5.75 Å². The third-order valence-corrected chi connectivity index (χ3v) is 5.86. The van der Waals surface area contributed by atoms with Gasteiger partial charge in [0, 0.05) is 6.20 Å².